The number of nitrogens with zero attached hydrogens (tertiary/aromatic N) is 2. The summed E-state index contributed by atoms with van der Waals surface area (Å²) >= 11 is 6.38. The molecule has 2 aromatic carbocycles. The molecule has 0 amide bonds. The molecule has 0 aliphatic carbocycles. The molecule has 0 radical (unpaired) electrons. The van der Waals surface area contributed by atoms with Gasteiger partial charge in [0.05, 0.1) is 30.3 Å². The summed E-state index contributed by atoms with van der Waals surface area (Å²) in [6, 6.07) is 14.0. The van der Waals surface area contributed by atoms with Crippen LogP contribution in [0.4, 0.5) is 4.39 Å². The van der Waals surface area contributed by atoms with Crippen LogP contribution in [0.1, 0.15) is 24.0 Å². The van der Waals surface area contributed by atoms with Crippen molar-refractivity contribution in [1.82, 2.24) is 4.90 Å². The summed E-state index contributed by atoms with van der Waals surface area (Å²) in [5, 5.41) is -1.25. The Hall–Kier alpha value is -2.59. The number of halogens is 2. The fourth-order valence-corrected chi connectivity index (χ4v) is 6.75. The molecule has 7 nitrogen and oxygen atoms in total. The highest BCUT2D eigenvalue weighted by Gasteiger charge is 2.48. The van der Waals surface area contributed by atoms with E-state index < -0.39 is 32.8 Å². The smallest absolute Gasteiger partial charge is 0.336 e. The second-order valence-electron chi connectivity index (χ2n) is 8.91. The van der Waals surface area contributed by atoms with Gasteiger partial charge in [0.25, 0.3) is 0 Å². The molecule has 192 valence electrons. The number of sulfone groups is 1. The normalized spacial score (nSPS) is 21.5. The van der Waals surface area contributed by atoms with E-state index in [0.29, 0.717) is 13.1 Å². The van der Waals surface area contributed by atoms with Crippen molar-refractivity contribution in [3.8, 4) is 0 Å². The minimum Gasteiger partial charge on any atom is -0.461 e. The Balaban J connectivity index is 1.63. The number of allylic oxidation sites excluding steroid dienone is 1. The van der Waals surface area contributed by atoms with Gasteiger partial charge in [0.15, 0.2) is 9.84 Å². The van der Waals surface area contributed by atoms with Crippen molar-refractivity contribution < 1.29 is 27.1 Å². The van der Waals surface area contributed by atoms with Crippen LogP contribution in [0.5, 0.6) is 0 Å². The minimum atomic E-state index is -3.84. The van der Waals surface area contributed by atoms with Crippen LogP contribution in [-0.2, 0) is 30.7 Å². The molecule has 2 aliphatic heterocycles. The molecule has 0 spiro atoms. The Labute approximate surface area is 215 Å². The van der Waals surface area contributed by atoms with E-state index in [1.165, 1.54) is 18.2 Å². The van der Waals surface area contributed by atoms with Crippen LogP contribution in [0.15, 0.2) is 64.8 Å². The molecule has 2 aromatic rings. The summed E-state index contributed by atoms with van der Waals surface area (Å²) < 4.78 is 52.7. The van der Waals surface area contributed by atoms with Crippen LogP contribution in [0.25, 0.3) is 0 Å². The Bertz CT molecular complexity index is 1280. The zero-order chi connectivity index (χ0) is 25.9. The summed E-state index contributed by atoms with van der Waals surface area (Å²) in [7, 11) is -1.94. The Morgan fingerprint density at radius 3 is 2.69 bits per heavy atom. The van der Waals surface area contributed by atoms with Crippen LogP contribution < -0.4 is 0 Å². The molecule has 1 saturated heterocycles. The molecule has 36 heavy (non-hydrogen) atoms. The maximum Gasteiger partial charge on any atom is 0.336 e. The molecule has 2 aliphatic rings. The molecule has 2 heterocycles. The Kier molecular flexibility index (Phi) is 8.24. The predicted molar refractivity (Wildman–Crippen MR) is 136 cm³/mol. The van der Waals surface area contributed by atoms with Crippen LogP contribution in [-0.4, -0.2) is 69.4 Å². The van der Waals surface area contributed by atoms with E-state index in [1.807, 2.05) is 42.3 Å². The summed E-state index contributed by atoms with van der Waals surface area (Å²) in [5.74, 6) is -2.92. The molecular formula is C26H28ClFN2O5S. The van der Waals surface area contributed by atoms with Crippen molar-refractivity contribution in [2.45, 2.75) is 24.6 Å². The first-order valence-corrected chi connectivity index (χ1v) is 13.7. The summed E-state index contributed by atoms with van der Waals surface area (Å²) in [5.41, 5.74) is 1.54. The van der Waals surface area contributed by atoms with Gasteiger partial charge < -0.3 is 9.47 Å². The SMILES string of the molecule is CC1=C(C(=O)OCCN(C)Cc2ccccc2)C(c2c(F)cccc2Cl)C2C(=N1)COCCS2(=O)=O. The van der Waals surface area contributed by atoms with Gasteiger partial charge >= 0.3 is 5.97 Å². The first-order valence-electron chi connectivity index (χ1n) is 11.6. The molecule has 1 fully saturated rings. The van der Waals surface area contributed by atoms with E-state index in [-0.39, 0.29) is 53.1 Å². The molecule has 10 heteroatoms. The number of hydrogen-bond donors (Lipinski definition) is 0. The van der Waals surface area contributed by atoms with Crippen LogP contribution in [0, 0.1) is 5.82 Å². The molecule has 0 N–H and O–H groups in total. The highest BCUT2D eigenvalue weighted by atomic mass is 35.5. The first-order chi connectivity index (χ1) is 17.2. The fraction of sp³-hybridized carbons (Fsp3) is 0.385. The van der Waals surface area contributed by atoms with Crippen molar-refractivity contribution >= 4 is 33.1 Å². The van der Waals surface area contributed by atoms with Gasteiger partial charge in [0.2, 0.25) is 0 Å². The van der Waals surface area contributed by atoms with Crippen LogP contribution >= 0.6 is 11.6 Å². The van der Waals surface area contributed by atoms with E-state index in [2.05, 4.69) is 4.99 Å². The highest BCUT2D eigenvalue weighted by Crippen LogP contribution is 2.43. The number of carbonyl (C=O) groups is 1. The summed E-state index contributed by atoms with van der Waals surface area (Å²) in [4.78, 5) is 19.8. The number of likely N-dealkylation sites (N-methyl/N-ethyl adjacent to an activating group) is 1. The highest BCUT2D eigenvalue weighted by molar-refractivity contribution is 7.92. The zero-order valence-corrected chi connectivity index (χ0v) is 21.7. The quantitative estimate of drug-likeness (QED) is 0.503. The number of rotatable bonds is 7. The lowest BCUT2D eigenvalue weighted by molar-refractivity contribution is -0.139. The monoisotopic (exact) mass is 534 g/mol. The van der Waals surface area contributed by atoms with Crippen molar-refractivity contribution in [1.29, 1.82) is 0 Å². The van der Waals surface area contributed by atoms with Crippen molar-refractivity contribution in [2.24, 2.45) is 4.99 Å². The van der Waals surface area contributed by atoms with Crippen LogP contribution in [0.2, 0.25) is 5.02 Å². The fourth-order valence-electron chi connectivity index (χ4n) is 4.64. The lowest BCUT2D eigenvalue weighted by atomic mass is 9.82. The summed E-state index contributed by atoms with van der Waals surface area (Å²) in [6.07, 6.45) is 0. The second kappa shape index (κ2) is 11.2. The maximum absolute atomic E-state index is 15.1. The van der Waals surface area contributed by atoms with Gasteiger partial charge in [-0.3, -0.25) is 9.89 Å². The third-order valence-electron chi connectivity index (χ3n) is 6.32. The second-order valence-corrected chi connectivity index (χ2v) is 11.6. The zero-order valence-electron chi connectivity index (χ0n) is 20.1. The molecular weight excluding hydrogens is 507 g/mol. The number of esters is 1. The van der Waals surface area contributed by atoms with Gasteiger partial charge in [-0.15, -0.1) is 0 Å². The average molecular weight is 535 g/mol. The molecule has 2 unspecified atom stereocenters. The predicted octanol–water partition coefficient (Wildman–Crippen LogP) is 3.78. The Morgan fingerprint density at radius 1 is 1.22 bits per heavy atom. The minimum absolute atomic E-state index is 0.00747. The topological polar surface area (TPSA) is 85.3 Å². The third-order valence-corrected chi connectivity index (χ3v) is 8.71. The van der Waals surface area contributed by atoms with E-state index in [4.69, 9.17) is 21.1 Å². The maximum atomic E-state index is 15.1. The number of aliphatic imine (C=N–C) groups is 1. The molecule has 4 rings (SSSR count). The molecule has 0 bridgehead atoms. The molecule has 0 aromatic heterocycles. The van der Waals surface area contributed by atoms with Gasteiger partial charge in [0.1, 0.15) is 17.7 Å². The van der Waals surface area contributed by atoms with Crippen LogP contribution in [0.3, 0.4) is 0 Å². The van der Waals surface area contributed by atoms with Gasteiger partial charge in [-0.05, 0) is 31.7 Å². The van der Waals surface area contributed by atoms with Crippen molar-refractivity contribution in [3.63, 3.8) is 0 Å². The first kappa shape index (κ1) is 26.5. The lowest BCUT2D eigenvalue weighted by Gasteiger charge is -2.33. The van der Waals surface area contributed by atoms with Gasteiger partial charge in [-0.25, -0.2) is 17.6 Å². The van der Waals surface area contributed by atoms with Gasteiger partial charge in [0, 0.05) is 35.3 Å². The van der Waals surface area contributed by atoms with E-state index in [9.17, 15) is 13.2 Å². The van der Waals surface area contributed by atoms with Crippen molar-refractivity contribution in [2.75, 3.05) is 39.2 Å². The lowest BCUT2D eigenvalue weighted by Crippen LogP contribution is -2.43. The van der Waals surface area contributed by atoms with E-state index in [0.717, 1.165) is 5.56 Å². The number of carbonyl (C=O) groups excluding carboxylic acids is 1. The van der Waals surface area contributed by atoms with Crippen molar-refractivity contribution in [3.05, 3.63) is 81.8 Å². The number of benzene rings is 2. The van der Waals surface area contributed by atoms with Gasteiger partial charge in [-0.1, -0.05) is 48.0 Å². The standard InChI is InChI=1S/C26H28ClFN2O5S/c1-17-22(26(31)35-12-11-30(2)15-18-7-4-3-5-8-18)24(23-19(27)9-6-10-20(23)28)25-21(29-17)16-34-13-14-36(25,32)33/h3-10,24-25H,11-16H2,1-2H3. The van der Waals surface area contributed by atoms with E-state index in [1.54, 1.807) is 6.92 Å². The average Bonchev–Trinajstić information content (AvgIpc) is 2.96. The summed E-state index contributed by atoms with van der Waals surface area (Å²) in [6.45, 7) is 2.72. The number of hydrogen-bond acceptors (Lipinski definition) is 7. The Morgan fingerprint density at radius 2 is 1.97 bits per heavy atom. The largest absolute Gasteiger partial charge is 0.461 e. The van der Waals surface area contributed by atoms with E-state index >= 15 is 4.39 Å². The number of fused-ring (bicyclic) bond motifs is 1. The molecule has 0 saturated carbocycles. The third kappa shape index (κ3) is 5.70. The molecule has 2 atom stereocenters. The number of ether oxygens (including phenoxy) is 2. The van der Waals surface area contributed by atoms with Gasteiger partial charge in [-0.2, -0.15) is 0 Å².